The summed E-state index contributed by atoms with van der Waals surface area (Å²) in [4.78, 5) is 10.6. The lowest BCUT2D eigenvalue weighted by molar-refractivity contribution is -0.138. The summed E-state index contributed by atoms with van der Waals surface area (Å²) in [6.07, 6.45) is 0.804. The van der Waals surface area contributed by atoms with Crippen LogP contribution in [0.4, 0.5) is 0 Å². The maximum Gasteiger partial charge on any atom is 0.307 e. The van der Waals surface area contributed by atoms with Gasteiger partial charge in [0.25, 0.3) is 0 Å². The fraction of sp³-hybridized carbons (Fsp3) is 0.364. The van der Waals surface area contributed by atoms with Crippen LogP contribution < -0.4 is 0 Å². The van der Waals surface area contributed by atoms with E-state index >= 15 is 0 Å². The van der Waals surface area contributed by atoms with Crippen molar-refractivity contribution in [1.82, 2.24) is 0 Å². The molecule has 2 nitrogen and oxygen atoms in total. The smallest absolute Gasteiger partial charge is 0.307 e. The second kappa shape index (κ2) is 2.87. The molecule has 0 heterocycles. The number of aryl methyl sites for hydroxylation is 1. The lowest BCUT2D eigenvalue weighted by Gasteiger charge is -1.99. The van der Waals surface area contributed by atoms with Gasteiger partial charge in [-0.2, -0.15) is 0 Å². The molecule has 0 unspecified atom stereocenters. The van der Waals surface area contributed by atoms with Crippen LogP contribution in [-0.2, 0) is 4.79 Å². The molecule has 2 atom stereocenters. The zero-order valence-corrected chi connectivity index (χ0v) is 7.53. The van der Waals surface area contributed by atoms with E-state index in [-0.39, 0.29) is 11.8 Å². The molecule has 13 heavy (non-hydrogen) atoms. The number of aliphatic carboxylic acids is 1. The average Bonchev–Trinajstić information content (AvgIpc) is 2.82. The Hall–Kier alpha value is -1.31. The minimum atomic E-state index is -0.661. The van der Waals surface area contributed by atoms with Crippen LogP contribution in [-0.4, -0.2) is 11.1 Å². The van der Waals surface area contributed by atoms with Gasteiger partial charge in [-0.25, -0.2) is 0 Å². The standard InChI is InChI=1S/C11H12O2/c1-7-3-2-4-8(5-7)9-6-10(9)11(12)13/h2-5,9-10H,6H2,1H3,(H,12,13)/t9-,10+/m1/s1. The van der Waals surface area contributed by atoms with E-state index in [1.165, 1.54) is 11.1 Å². The van der Waals surface area contributed by atoms with Crippen molar-refractivity contribution in [3.8, 4) is 0 Å². The van der Waals surface area contributed by atoms with Gasteiger partial charge in [-0.05, 0) is 24.8 Å². The third-order valence-corrected chi connectivity index (χ3v) is 2.58. The van der Waals surface area contributed by atoms with Crippen molar-refractivity contribution in [2.75, 3.05) is 0 Å². The van der Waals surface area contributed by atoms with E-state index < -0.39 is 5.97 Å². The minimum absolute atomic E-state index is 0.137. The molecule has 1 fully saturated rings. The molecule has 0 bridgehead atoms. The summed E-state index contributed by atoms with van der Waals surface area (Å²) >= 11 is 0. The number of rotatable bonds is 2. The summed E-state index contributed by atoms with van der Waals surface area (Å²) < 4.78 is 0. The molecule has 1 N–H and O–H groups in total. The van der Waals surface area contributed by atoms with Crippen LogP contribution in [0.2, 0.25) is 0 Å². The van der Waals surface area contributed by atoms with E-state index in [0.29, 0.717) is 0 Å². The van der Waals surface area contributed by atoms with Crippen LogP contribution in [0.25, 0.3) is 0 Å². The molecule has 0 radical (unpaired) electrons. The van der Waals surface area contributed by atoms with Gasteiger partial charge in [0.15, 0.2) is 0 Å². The monoisotopic (exact) mass is 176 g/mol. The van der Waals surface area contributed by atoms with Crippen molar-refractivity contribution < 1.29 is 9.90 Å². The zero-order chi connectivity index (χ0) is 9.42. The normalized spacial score (nSPS) is 25.6. The fourth-order valence-corrected chi connectivity index (χ4v) is 1.74. The number of hydrogen-bond acceptors (Lipinski definition) is 1. The number of carbonyl (C=O) groups is 1. The quantitative estimate of drug-likeness (QED) is 0.749. The van der Waals surface area contributed by atoms with Crippen molar-refractivity contribution in [3.05, 3.63) is 35.4 Å². The van der Waals surface area contributed by atoms with Crippen LogP contribution >= 0.6 is 0 Å². The van der Waals surface area contributed by atoms with Gasteiger partial charge in [0.1, 0.15) is 0 Å². The van der Waals surface area contributed by atoms with Crippen molar-refractivity contribution in [2.24, 2.45) is 5.92 Å². The van der Waals surface area contributed by atoms with Crippen molar-refractivity contribution in [1.29, 1.82) is 0 Å². The molecule has 2 heteroatoms. The Bertz CT molecular complexity index is 344. The summed E-state index contributed by atoms with van der Waals surface area (Å²) in [7, 11) is 0. The van der Waals surface area contributed by atoms with Crippen molar-refractivity contribution >= 4 is 5.97 Å². The van der Waals surface area contributed by atoms with Gasteiger partial charge in [-0.1, -0.05) is 29.8 Å². The van der Waals surface area contributed by atoms with Gasteiger partial charge < -0.3 is 5.11 Å². The van der Waals surface area contributed by atoms with Crippen LogP contribution in [0.5, 0.6) is 0 Å². The van der Waals surface area contributed by atoms with Crippen LogP contribution in [0, 0.1) is 12.8 Å². The first kappa shape index (κ1) is 8.30. The largest absolute Gasteiger partial charge is 0.481 e. The SMILES string of the molecule is Cc1cccc([C@H]2C[C@@H]2C(=O)O)c1. The van der Waals surface area contributed by atoms with E-state index in [2.05, 4.69) is 6.07 Å². The number of carboxylic acids is 1. The molecule has 0 amide bonds. The number of benzene rings is 1. The van der Waals surface area contributed by atoms with Crippen molar-refractivity contribution in [2.45, 2.75) is 19.3 Å². The molecular weight excluding hydrogens is 164 g/mol. The number of hydrogen-bond donors (Lipinski definition) is 1. The topological polar surface area (TPSA) is 37.3 Å². The lowest BCUT2D eigenvalue weighted by Crippen LogP contribution is -1.98. The van der Waals surface area contributed by atoms with Gasteiger partial charge in [-0.3, -0.25) is 4.79 Å². The highest BCUT2D eigenvalue weighted by Crippen LogP contribution is 2.47. The molecule has 1 saturated carbocycles. The average molecular weight is 176 g/mol. The first-order valence-corrected chi connectivity index (χ1v) is 4.48. The molecule has 0 aromatic heterocycles. The van der Waals surface area contributed by atoms with E-state index in [9.17, 15) is 4.79 Å². The third kappa shape index (κ3) is 1.57. The first-order chi connectivity index (χ1) is 6.18. The second-order valence-corrected chi connectivity index (χ2v) is 3.70. The van der Waals surface area contributed by atoms with Gasteiger partial charge in [-0.15, -0.1) is 0 Å². The molecule has 2 rings (SSSR count). The van der Waals surface area contributed by atoms with E-state index in [0.717, 1.165) is 6.42 Å². The lowest BCUT2D eigenvalue weighted by atomic mass is 10.1. The maximum absolute atomic E-state index is 10.6. The predicted octanol–water partition coefficient (Wildman–Crippen LogP) is 2.18. The molecule has 0 spiro atoms. The molecule has 1 aliphatic rings. The molecule has 0 saturated heterocycles. The highest BCUT2D eigenvalue weighted by molar-refractivity contribution is 5.75. The van der Waals surface area contributed by atoms with Gasteiger partial charge >= 0.3 is 5.97 Å². The van der Waals surface area contributed by atoms with Gasteiger partial charge in [0.2, 0.25) is 0 Å². The van der Waals surface area contributed by atoms with Gasteiger partial charge in [0.05, 0.1) is 5.92 Å². The van der Waals surface area contributed by atoms with E-state index in [1.807, 2.05) is 25.1 Å². The second-order valence-electron chi connectivity index (χ2n) is 3.70. The van der Waals surface area contributed by atoms with Crippen LogP contribution in [0.15, 0.2) is 24.3 Å². The third-order valence-electron chi connectivity index (χ3n) is 2.58. The van der Waals surface area contributed by atoms with Crippen LogP contribution in [0.1, 0.15) is 23.5 Å². The van der Waals surface area contributed by atoms with Gasteiger partial charge in [0, 0.05) is 0 Å². The zero-order valence-electron chi connectivity index (χ0n) is 7.53. The maximum atomic E-state index is 10.6. The highest BCUT2D eigenvalue weighted by atomic mass is 16.4. The molecule has 1 aromatic carbocycles. The molecular formula is C11H12O2. The molecule has 1 aliphatic carbocycles. The highest BCUT2D eigenvalue weighted by Gasteiger charge is 2.43. The van der Waals surface area contributed by atoms with Crippen molar-refractivity contribution in [3.63, 3.8) is 0 Å². The summed E-state index contributed by atoms with van der Waals surface area (Å²) in [5, 5.41) is 8.75. The Balaban J connectivity index is 2.16. The Labute approximate surface area is 77.2 Å². The number of carboxylic acid groups (broad SMARTS) is 1. The molecule has 0 aliphatic heterocycles. The Kier molecular flexibility index (Phi) is 1.83. The van der Waals surface area contributed by atoms with Crippen LogP contribution in [0.3, 0.4) is 0 Å². The predicted molar refractivity (Wildman–Crippen MR) is 49.7 cm³/mol. The fourth-order valence-electron chi connectivity index (χ4n) is 1.74. The summed E-state index contributed by atoms with van der Waals surface area (Å²) in [6.45, 7) is 2.03. The first-order valence-electron chi connectivity index (χ1n) is 4.48. The summed E-state index contributed by atoms with van der Waals surface area (Å²) in [5.74, 6) is -0.536. The summed E-state index contributed by atoms with van der Waals surface area (Å²) in [5.41, 5.74) is 2.38. The Morgan fingerprint density at radius 1 is 1.54 bits per heavy atom. The molecule has 68 valence electrons. The minimum Gasteiger partial charge on any atom is -0.481 e. The Morgan fingerprint density at radius 3 is 2.85 bits per heavy atom. The van der Waals surface area contributed by atoms with E-state index in [4.69, 9.17) is 5.11 Å². The Morgan fingerprint density at radius 2 is 2.31 bits per heavy atom. The summed E-state index contributed by atoms with van der Waals surface area (Å²) in [6, 6.07) is 8.11. The molecule has 1 aromatic rings. The van der Waals surface area contributed by atoms with E-state index in [1.54, 1.807) is 0 Å².